The number of halogens is 4. The molecule has 0 aromatic carbocycles. The van der Waals surface area contributed by atoms with E-state index < -0.39 is 11.8 Å². The van der Waals surface area contributed by atoms with Gasteiger partial charge in [-0.25, -0.2) is 4.98 Å². The van der Waals surface area contributed by atoms with Crippen LogP contribution >= 0.6 is 57.7 Å². The molecule has 0 atom stereocenters. The second-order valence-electron chi connectivity index (χ2n) is 3.67. The quantitative estimate of drug-likeness (QED) is 0.780. The van der Waals surface area contributed by atoms with Crippen LogP contribution in [0.3, 0.4) is 0 Å². The van der Waals surface area contributed by atoms with Gasteiger partial charge >= 0.3 is 0 Å². The van der Waals surface area contributed by atoms with Gasteiger partial charge in [0, 0.05) is 0 Å². The van der Waals surface area contributed by atoms with Crippen LogP contribution in [0.5, 0.6) is 0 Å². The minimum absolute atomic E-state index is 0.0479. The van der Waals surface area contributed by atoms with E-state index in [1.54, 1.807) is 5.38 Å². The van der Waals surface area contributed by atoms with Crippen LogP contribution in [-0.2, 0) is 0 Å². The summed E-state index contributed by atoms with van der Waals surface area (Å²) in [6.45, 7) is 0. The van der Waals surface area contributed by atoms with Gasteiger partial charge < -0.3 is 11.1 Å². The number of nitrogens with two attached hydrogens (primary N) is 1. The van der Waals surface area contributed by atoms with Crippen molar-refractivity contribution in [3.8, 4) is 0 Å². The molecule has 2 aromatic heterocycles. The molecule has 0 aliphatic rings. The van der Waals surface area contributed by atoms with Gasteiger partial charge in [-0.2, -0.15) is 0 Å². The number of thiophene rings is 1. The number of hydrogen-bond donors (Lipinski definition) is 2. The van der Waals surface area contributed by atoms with Crippen LogP contribution in [0.1, 0.15) is 20.2 Å². The standard InChI is InChI=1S/C11H5Cl4N3O2S/c12-4-5(13)7(18-9(15)6(4)14)11(20)17-3-1-2-21-8(3)10(16)19/h1-2H,(H2,16,19)(H,17,20). The van der Waals surface area contributed by atoms with Gasteiger partial charge in [0.1, 0.15) is 15.7 Å². The molecule has 0 saturated carbocycles. The highest BCUT2D eigenvalue weighted by Gasteiger charge is 2.22. The fraction of sp³-hybridized carbons (Fsp3) is 0. The van der Waals surface area contributed by atoms with Crippen molar-refractivity contribution in [2.75, 3.05) is 5.32 Å². The number of carbonyl (C=O) groups excluding carboxylic acids is 2. The zero-order valence-corrected chi connectivity index (χ0v) is 13.8. The topological polar surface area (TPSA) is 85.1 Å². The summed E-state index contributed by atoms with van der Waals surface area (Å²) in [4.78, 5) is 27.3. The predicted octanol–water partition coefficient (Wildman–Crippen LogP) is 4.11. The van der Waals surface area contributed by atoms with Crippen LogP contribution in [0.15, 0.2) is 11.4 Å². The third kappa shape index (κ3) is 3.25. The Bertz CT molecular complexity index is 747. The third-order valence-electron chi connectivity index (χ3n) is 2.34. The number of anilines is 1. The van der Waals surface area contributed by atoms with Crippen LogP contribution in [0, 0.1) is 0 Å². The predicted molar refractivity (Wildman–Crippen MR) is 85.1 cm³/mol. The largest absolute Gasteiger partial charge is 0.365 e. The number of rotatable bonds is 3. The van der Waals surface area contributed by atoms with Crippen molar-refractivity contribution in [2.45, 2.75) is 0 Å². The monoisotopic (exact) mass is 383 g/mol. The van der Waals surface area contributed by atoms with Crippen LogP contribution in [0.4, 0.5) is 5.69 Å². The van der Waals surface area contributed by atoms with E-state index in [0.717, 1.165) is 11.3 Å². The molecule has 3 N–H and O–H groups in total. The highest BCUT2D eigenvalue weighted by molar-refractivity contribution is 7.12. The number of aromatic nitrogens is 1. The molecule has 2 aromatic rings. The average molecular weight is 385 g/mol. The number of pyridine rings is 1. The lowest BCUT2D eigenvalue weighted by Crippen LogP contribution is -2.18. The Hall–Kier alpha value is -1.05. The van der Waals surface area contributed by atoms with Crippen molar-refractivity contribution < 1.29 is 9.59 Å². The lowest BCUT2D eigenvalue weighted by molar-refractivity contribution is 0.100. The molecular formula is C11H5Cl4N3O2S. The molecule has 5 nitrogen and oxygen atoms in total. The van der Waals surface area contributed by atoms with E-state index in [9.17, 15) is 9.59 Å². The second kappa shape index (κ2) is 6.37. The molecule has 2 rings (SSSR count). The minimum Gasteiger partial charge on any atom is -0.365 e. The molecule has 10 heteroatoms. The van der Waals surface area contributed by atoms with Gasteiger partial charge in [0.15, 0.2) is 0 Å². The van der Waals surface area contributed by atoms with E-state index in [2.05, 4.69) is 10.3 Å². The molecule has 21 heavy (non-hydrogen) atoms. The number of hydrogen-bond acceptors (Lipinski definition) is 4. The molecule has 2 amide bonds. The second-order valence-corrected chi connectivity index (χ2v) is 6.08. The van der Waals surface area contributed by atoms with Gasteiger partial charge in [-0.15, -0.1) is 11.3 Å². The summed E-state index contributed by atoms with van der Waals surface area (Å²) >= 11 is 24.4. The van der Waals surface area contributed by atoms with Crippen LogP contribution in [0.2, 0.25) is 20.2 Å². The maximum Gasteiger partial charge on any atom is 0.275 e. The maximum absolute atomic E-state index is 12.2. The zero-order chi connectivity index (χ0) is 15.7. The molecular weight excluding hydrogens is 380 g/mol. The molecule has 0 spiro atoms. The summed E-state index contributed by atoms with van der Waals surface area (Å²) in [5.74, 6) is -1.35. The summed E-state index contributed by atoms with van der Waals surface area (Å²) in [7, 11) is 0. The summed E-state index contributed by atoms with van der Waals surface area (Å²) in [6, 6.07) is 1.52. The number of nitrogens with one attached hydrogen (secondary N) is 1. The Morgan fingerprint density at radius 3 is 2.43 bits per heavy atom. The van der Waals surface area contributed by atoms with Crippen molar-refractivity contribution >= 4 is 75.2 Å². The number of nitrogens with zero attached hydrogens (tertiary/aromatic N) is 1. The van der Waals surface area contributed by atoms with E-state index in [1.165, 1.54) is 6.07 Å². The first-order valence-electron chi connectivity index (χ1n) is 5.21. The Kier molecular flexibility index (Phi) is 4.95. The van der Waals surface area contributed by atoms with Gasteiger partial charge in [-0.3, -0.25) is 9.59 Å². The van der Waals surface area contributed by atoms with Crippen molar-refractivity contribution in [1.29, 1.82) is 0 Å². The van der Waals surface area contributed by atoms with Gasteiger partial charge in [0.05, 0.1) is 20.8 Å². The molecule has 0 aliphatic heterocycles. The Balaban J connectivity index is 2.38. The van der Waals surface area contributed by atoms with Crippen LogP contribution in [0.25, 0.3) is 0 Å². The Labute approximate surface area is 143 Å². The number of carbonyl (C=O) groups is 2. The van der Waals surface area contributed by atoms with Gasteiger partial charge in [0.2, 0.25) is 0 Å². The van der Waals surface area contributed by atoms with Crippen molar-refractivity contribution in [1.82, 2.24) is 4.98 Å². The van der Waals surface area contributed by atoms with Crippen molar-refractivity contribution in [2.24, 2.45) is 5.73 Å². The molecule has 0 saturated heterocycles. The number of primary amides is 1. The number of amides is 2. The first-order valence-corrected chi connectivity index (χ1v) is 7.60. The van der Waals surface area contributed by atoms with E-state index in [4.69, 9.17) is 52.1 Å². The van der Waals surface area contributed by atoms with E-state index in [0.29, 0.717) is 0 Å². The maximum atomic E-state index is 12.2. The molecule has 0 bridgehead atoms. The molecule has 0 radical (unpaired) electrons. The van der Waals surface area contributed by atoms with Crippen LogP contribution < -0.4 is 11.1 Å². The first kappa shape index (κ1) is 16.3. The van der Waals surface area contributed by atoms with Gasteiger partial charge in [-0.05, 0) is 11.4 Å². The fourth-order valence-corrected chi connectivity index (χ4v) is 2.93. The summed E-state index contributed by atoms with van der Waals surface area (Å²) in [5, 5.41) is 3.65. The highest BCUT2D eigenvalue weighted by Crippen LogP contribution is 2.36. The SMILES string of the molecule is NC(=O)c1sccc1NC(=O)c1nc(Cl)c(Cl)c(Cl)c1Cl. The molecule has 0 fully saturated rings. The average Bonchev–Trinajstić information content (AvgIpc) is 2.88. The normalized spacial score (nSPS) is 10.5. The molecule has 2 heterocycles. The van der Waals surface area contributed by atoms with Crippen LogP contribution in [-0.4, -0.2) is 16.8 Å². The van der Waals surface area contributed by atoms with Crippen molar-refractivity contribution in [3.63, 3.8) is 0 Å². The Morgan fingerprint density at radius 2 is 1.81 bits per heavy atom. The van der Waals surface area contributed by atoms with Gasteiger partial charge in [-0.1, -0.05) is 46.4 Å². The highest BCUT2D eigenvalue weighted by atomic mass is 35.5. The van der Waals surface area contributed by atoms with E-state index in [-0.39, 0.29) is 36.5 Å². The zero-order valence-electron chi connectivity index (χ0n) is 9.92. The molecule has 110 valence electrons. The van der Waals surface area contributed by atoms with Crippen molar-refractivity contribution in [3.05, 3.63) is 42.2 Å². The van der Waals surface area contributed by atoms with E-state index in [1.807, 2.05) is 0 Å². The smallest absolute Gasteiger partial charge is 0.275 e. The molecule has 0 unspecified atom stereocenters. The third-order valence-corrected chi connectivity index (χ3v) is 4.94. The summed E-state index contributed by atoms with van der Waals surface area (Å²) in [6.07, 6.45) is 0. The minimum atomic E-state index is -0.693. The first-order chi connectivity index (χ1) is 9.82. The molecule has 0 aliphatic carbocycles. The Morgan fingerprint density at radius 1 is 1.14 bits per heavy atom. The summed E-state index contributed by atoms with van der Waals surface area (Å²) < 4.78 is 0. The lowest BCUT2D eigenvalue weighted by Gasteiger charge is -2.08. The lowest BCUT2D eigenvalue weighted by atomic mass is 10.3. The van der Waals surface area contributed by atoms with E-state index >= 15 is 0 Å². The fourth-order valence-electron chi connectivity index (χ4n) is 1.42. The summed E-state index contributed by atoms with van der Waals surface area (Å²) in [5.41, 5.74) is 5.23. The van der Waals surface area contributed by atoms with Gasteiger partial charge in [0.25, 0.3) is 11.8 Å².